The predicted octanol–water partition coefficient (Wildman–Crippen LogP) is 3.40. The van der Waals surface area contributed by atoms with Crippen molar-refractivity contribution in [2.45, 2.75) is 20.4 Å². The van der Waals surface area contributed by atoms with E-state index < -0.39 is 0 Å². The lowest BCUT2D eigenvalue weighted by Gasteiger charge is -2.15. The molecule has 27 heavy (non-hydrogen) atoms. The van der Waals surface area contributed by atoms with Crippen molar-refractivity contribution >= 4 is 5.91 Å². The van der Waals surface area contributed by atoms with Gasteiger partial charge in [0, 0.05) is 17.5 Å². The Bertz CT molecular complexity index is 962. The van der Waals surface area contributed by atoms with Gasteiger partial charge in [-0.3, -0.25) is 9.78 Å². The van der Waals surface area contributed by atoms with Crippen molar-refractivity contribution in [1.29, 1.82) is 0 Å². The predicted molar refractivity (Wildman–Crippen MR) is 101 cm³/mol. The van der Waals surface area contributed by atoms with Gasteiger partial charge in [-0.1, -0.05) is 6.58 Å². The number of aliphatic hydroxyl groups excluding tert-OH is 1. The van der Waals surface area contributed by atoms with Gasteiger partial charge in [0.1, 0.15) is 0 Å². The highest BCUT2D eigenvalue weighted by molar-refractivity contribution is 6.00. The van der Waals surface area contributed by atoms with Crippen LogP contribution in [0.25, 0.3) is 11.3 Å². The van der Waals surface area contributed by atoms with Crippen LogP contribution in [0.3, 0.4) is 0 Å². The van der Waals surface area contributed by atoms with Crippen LogP contribution in [0.1, 0.15) is 28.5 Å². The first-order valence-electron chi connectivity index (χ1n) is 8.32. The maximum atomic E-state index is 12.7. The van der Waals surface area contributed by atoms with E-state index in [1.807, 2.05) is 13.0 Å². The number of hydrogen-bond acceptors (Lipinski definition) is 6. The molecule has 0 radical (unpaired) electrons. The number of carbonyl (C=O) groups excluding carboxylic acids is 1. The van der Waals surface area contributed by atoms with Crippen LogP contribution < -0.4 is 9.47 Å². The van der Waals surface area contributed by atoms with Crippen LogP contribution >= 0.6 is 0 Å². The van der Waals surface area contributed by atoms with Gasteiger partial charge in [0.15, 0.2) is 5.75 Å². The molecule has 0 fully saturated rings. The summed E-state index contributed by atoms with van der Waals surface area (Å²) in [5.41, 5.74) is 3.91. The Morgan fingerprint density at radius 3 is 2.70 bits per heavy atom. The Hall–Kier alpha value is -3.35. The molecule has 7 nitrogen and oxygen atoms in total. The van der Waals surface area contributed by atoms with E-state index in [4.69, 9.17) is 9.47 Å². The number of allylic oxidation sites excluding steroid dienone is 2. The quantitative estimate of drug-likeness (QED) is 0.644. The molecular weight excluding hydrogens is 346 g/mol. The van der Waals surface area contributed by atoms with E-state index in [0.717, 1.165) is 11.1 Å². The van der Waals surface area contributed by atoms with Crippen LogP contribution in [-0.2, 0) is 6.54 Å². The Kier molecular flexibility index (Phi) is 4.85. The van der Waals surface area contributed by atoms with E-state index in [0.29, 0.717) is 40.8 Å². The molecule has 1 N–H and O–H groups in total. The summed E-state index contributed by atoms with van der Waals surface area (Å²) in [6.45, 7) is 7.56. The van der Waals surface area contributed by atoms with E-state index in [9.17, 15) is 9.90 Å². The van der Waals surface area contributed by atoms with Crippen LogP contribution in [0.5, 0.6) is 11.6 Å². The van der Waals surface area contributed by atoms with Gasteiger partial charge in [-0.2, -0.15) is 0 Å². The molecule has 7 heteroatoms. The van der Waals surface area contributed by atoms with Crippen molar-refractivity contribution < 1.29 is 19.4 Å². The molecule has 1 aliphatic heterocycles. The second-order valence-corrected chi connectivity index (χ2v) is 6.25. The molecule has 0 saturated carbocycles. The van der Waals surface area contributed by atoms with Crippen LogP contribution in [0.15, 0.2) is 42.4 Å². The fourth-order valence-corrected chi connectivity index (χ4v) is 3.07. The number of carbonyl (C=O) groups is 1. The monoisotopic (exact) mass is 367 g/mol. The Morgan fingerprint density at radius 2 is 2.07 bits per heavy atom. The second kappa shape index (κ2) is 7.11. The van der Waals surface area contributed by atoms with Crippen LogP contribution in [0, 0.1) is 6.92 Å². The highest BCUT2D eigenvalue weighted by atomic mass is 16.5. The topological polar surface area (TPSA) is 84.8 Å². The summed E-state index contributed by atoms with van der Waals surface area (Å²) < 4.78 is 10.5. The number of aromatic nitrogens is 2. The molecular formula is C20H21N3O4. The highest BCUT2D eigenvalue weighted by Gasteiger charge is 2.32. The first-order valence-corrected chi connectivity index (χ1v) is 8.32. The average molecular weight is 367 g/mol. The minimum atomic E-state index is -0.172. The smallest absolute Gasteiger partial charge is 0.260 e. The largest absolute Gasteiger partial charge is 0.513 e. The van der Waals surface area contributed by atoms with Gasteiger partial charge in [0.2, 0.25) is 0 Å². The van der Waals surface area contributed by atoms with Crippen molar-refractivity contribution in [3.8, 4) is 22.9 Å². The number of amides is 1. The normalized spacial score (nSPS) is 13.6. The summed E-state index contributed by atoms with van der Waals surface area (Å²) in [5, 5.41) is 9.44. The molecule has 0 aromatic carbocycles. The summed E-state index contributed by atoms with van der Waals surface area (Å²) in [7, 11) is 3.07. The van der Waals surface area contributed by atoms with Crippen molar-refractivity contribution in [3.63, 3.8) is 0 Å². The number of hydrogen-bond donors (Lipinski definition) is 1. The number of ether oxygens (including phenoxy) is 2. The molecule has 0 aliphatic carbocycles. The third-order valence-corrected chi connectivity index (χ3v) is 4.31. The summed E-state index contributed by atoms with van der Waals surface area (Å²) in [4.78, 5) is 23.1. The van der Waals surface area contributed by atoms with E-state index in [1.165, 1.54) is 25.0 Å². The zero-order valence-electron chi connectivity index (χ0n) is 15.7. The average Bonchev–Trinajstić information content (AvgIpc) is 2.97. The first-order chi connectivity index (χ1) is 12.8. The number of pyridine rings is 2. The Balaban J connectivity index is 2.01. The summed E-state index contributed by atoms with van der Waals surface area (Å²) >= 11 is 0. The van der Waals surface area contributed by atoms with Crippen LogP contribution in [-0.4, -0.2) is 40.1 Å². The van der Waals surface area contributed by atoms with Gasteiger partial charge < -0.3 is 19.5 Å². The molecule has 2 aromatic rings. The Morgan fingerprint density at radius 1 is 1.33 bits per heavy atom. The number of fused-ring (bicyclic) bond motifs is 1. The zero-order chi connectivity index (χ0) is 19.7. The second-order valence-electron chi connectivity index (χ2n) is 6.25. The minimum absolute atomic E-state index is 0.0885. The molecule has 0 atom stereocenters. The minimum Gasteiger partial charge on any atom is -0.513 e. The van der Waals surface area contributed by atoms with Gasteiger partial charge >= 0.3 is 0 Å². The number of rotatable bonds is 5. The lowest BCUT2D eigenvalue weighted by Crippen LogP contribution is -2.22. The van der Waals surface area contributed by atoms with Gasteiger partial charge in [0.05, 0.1) is 43.5 Å². The molecule has 1 amide bonds. The van der Waals surface area contributed by atoms with Gasteiger partial charge in [-0.05, 0) is 37.6 Å². The van der Waals surface area contributed by atoms with Crippen LogP contribution in [0.2, 0.25) is 0 Å². The molecule has 140 valence electrons. The highest BCUT2D eigenvalue weighted by Crippen LogP contribution is 2.33. The number of aliphatic hydroxyl groups is 1. The Labute approximate surface area is 157 Å². The fourth-order valence-electron chi connectivity index (χ4n) is 3.07. The third-order valence-electron chi connectivity index (χ3n) is 4.31. The van der Waals surface area contributed by atoms with E-state index in [1.54, 1.807) is 19.4 Å². The molecule has 2 aromatic heterocycles. The van der Waals surface area contributed by atoms with Gasteiger partial charge in [-0.15, -0.1) is 0 Å². The summed E-state index contributed by atoms with van der Waals surface area (Å²) in [5.74, 6) is 0.813. The first kappa shape index (κ1) is 18.4. The molecule has 0 spiro atoms. The van der Waals surface area contributed by atoms with Crippen molar-refractivity contribution in [2.24, 2.45) is 0 Å². The fraction of sp³-hybridized carbons (Fsp3) is 0.250. The SMILES string of the molecule is C=C(/C=C(\C)O)N1Cc2nc(-c3cnc(OC)c(OC)c3)cc(C)c2C1=O. The van der Waals surface area contributed by atoms with Gasteiger partial charge in [-0.25, -0.2) is 4.98 Å². The molecule has 0 bridgehead atoms. The summed E-state index contributed by atoms with van der Waals surface area (Å²) in [6, 6.07) is 3.64. The lowest BCUT2D eigenvalue weighted by atomic mass is 10.0. The van der Waals surface area contributed by atoms with E-state index in [-0.39, 0.29) is 11.7 Å². The maximum Gasteiger partial charge on any atom is 0.260 e. The molecule has 0 saturated heterocycles. The lowest BCUT2D eigenvalue weighted by molar-refractivity contribution is 0.0831. The van der Waals surface area contributed by atoms with Crippen molar-refractivity contribution in [1.82, 2.24) is 14.9 Å². The number of aryl methyl sites for hydroxylation is 1. The third kappa shape index (κ3) is 3.36. The maximum absolute atomic E-state index is 12.7. The van der Waals surface area contributed by atoms with Gasteiger partial charge in [0.25, 0.3) is 11.8 Å². The zero-order valence-corrected chi connectivity index (χ0v) is 15.7. The van der Waals surface area contributed by atoms with Crippen molar-refractivity contribution in [3.05, 3.63) is 59.3 Å². The number of methoxy groups -OCH3 is 2. The molecule has 3 heterocycles. The molecule has 3 rings (SSSR count). The van der Waals surface area contributed by atoms with Crippen molar-refractivity contribution in [2.75, 3.05) is 14.2 Å². The molecule has 1 aliphatic rings. The van der Waals surface area contributed by atoms with E-state index >= 15 is 0 Å². The number of nitrogens with zero attached hydrogens (tertiary/aromatic N) is 3. The molecule has 0 unspecified atom stereocenters. The van der Waals surface area contributed by atoms with E-state index in [2.05, 4.69) is 16.5 Å². The summed E-state index contributed by atoms with van der Waals surface area (Å²) in [6.07, 6.45) is 3.11. The standard InChI is InChI=1S/C20H21N3O4/c1-11-6-15(14-8-17(26-4)19(27-5)21-9-14)22-16-10-23(20(25)18(11)16)12(2)7-13(3)24/h6-9,24H,2,10H2,1,3-5H3/b13-7+. The van der Waals surface area contributed by atoms with Crippen LogP contribution in [0.4, 0.5) is 0 Å².